The molecule has 2 rings (SSSR count). The molecule has 116 valence electrons. The molecule has 0 aliphatic carbocycles. The summed E-state index contributed by atoms with van der Waals surface area (Å²) < 4.78 is 28.7. The molecule has 0 fully saturated rings. The van der Waals surface area contributed by atoms with Crippen LogP contribution in [0.3, 0.4) is 0 Å². The minimum absolute atomic E-state index is 0.147. The van der Waals surface area contributed by atoms with Gasteiger partial charge < -0.3 is 0 Å². The highest BCUT2D eigenvalue weighted by atomic mass is 79.9. The summed E-state index contributed by atoms with van der Waals surface area (Å²) in [4.78, 5) is 12.5. The van der Waals surface area contributed by atoms with Crippen LogP contribution in [0.15, 0.2) is 24.3 Å². The number of carbonyl (C=O) groups is 1. The fourth-order valence-electron chi connectivity index (χ4n) is 1.94. The minimum Gasteiger partial charge on any atom is -0.288 e. The van der Waals surface area contributed by atoms with Crippen molar-refractivity contribution in [2.24, 2.45) is 0 Å². The number of alkyl halides is 2. The topological polar surface area (TPSA) is 17.1 Å². The highest BCUT2D eigenvalue weighted by Gasteiger charge is 2.23. The lowest BCUT2D eigenvalue weighted by Gasteiger charge is -2.10. The molecule has 0 saturated carbocycles. The van der Waals surface area contributed by atoms with E-state index in [1.165, 1.54) is 24.3 Å². The van der Waals surface area contributed by atoms with E-state index in [2.05, 4.69) is 31.9 Å². The monoisotopic (exact) mass is 470 g/mol. The molecule has 0 heterocycles. The van der Waals surface area contributed by atoms with E-state index in [0.717, 1.165) is 0 Å². The largest absolute Gasteiger partial charge is 0.288 e. The van der Waals surface area contributed by atoms with Crippen LogP contribution in [0.4, 0.5) is 8.78 Å². The molecular formula is C15H8Br2Cl2F2O. The summed E-state index contributed by atoms with van der Waals surface area (Å²) in [7, 11) is 0. The first-order chi connectivity index (χ1) is 10.4. The van der Waals surface area contributed by atoms with E-state index in [0.29, 0.717) is 0 Å². The van der Waals surface area contributed by atoms with Crippen LogP contribution >= 0.6 is 55.1 Å². The van der Waals surface area contributed by atoms with Crippen LogP contribution in [-0.2, 0) is 10.7 Å². The van der Waals surface area contributed by atoms with Gasteiger partial charge in [-0.2, -0.15) is 0 Å². The Kier molecular flexibility index (Phi) is 6.00. The standard InChI is InChI=1S/C15H8Br2Cl2F2O/c16-5-9-11(18)3-1-7(13(9)20)15(22)8-2-4-12(19)10(6-17)14(8)21/h1-4H,5-6H2. The zero-order valence-electron chi connectivity index (χ0n) is 10.9. The summed E-state index contributed by atoms with van der Waals surface area (Å²) >= 11 is 18.0. The maximum atomic E-state index is 14.4. The number of carbonyl (C=O) groups excluding carboxylic acids is 1. The van der Waals surface area contributed by atoms with Crippen LogP contribution in [0.5, 0.6) is 0 Å². The molecule has 0 unspecified atom stereocenters. The molecule has 0 aromatic heterocycles. The first-order valence-electron chi connectivity index (χ1n) is 6.02. The van der Waals surface area contributed by atoms with Crippen molar-refractivity contribution in [2.45, 2.75) is 10.7 Å². The van der Waals surface area contributed by atoms with Crippen LogP contribution < -0.4 is 0 Å². The first-order valence-corrected chi connectivity index (χ1v) is 9.02. The van der Waals surface area contributed by atoms with Gasteiger partial charge in [-0.3, -0.25) is 4.79 Å². The number of hydrogen-bond donors (Lipinski definition) is 0. The molecule has 22 heavy (non-hydrogen) atoms. The zero-order valence-corrected chi connectivity index (χ0v) is 15.6. The van der Waals surface area contributed by atoms with Gasteiger partial charge in [0.2, 0.25) is 0 Å². The highest BCUT2D eigenvalue weighted by molar-refractivity contribution is 9.08. The summed E-state index contributed by atoms with van der Waals surface area (Å²) in [6, 6.07) is 5.31. The number of benzene rings is 2. The van der Waals surface area contributed by atoms with Gasteiger partial charge in [0.15, 0.2) is 5.78 Å². The molecule has 0 spiro atoms. The number of halogens is 6. The van der Waals surface area contributed by atoms with Gasteiger partial charge in [-0.15, -0.1) is 0 Å². The normalized spacial score (nSPS) is 10.8. The summed E-state index contributed by atoms with van der Waals surface area (Å²) in [5.74, 6) is -2.28. The van der Waals surface area contributed by atoms with E-state index in [4.69, 9.17) is 23.2 Å². The Hall–Kier alpha value is -0.490. The fourth-order valence-corrected chi connectivity index (χ4v) is 3.78. The Bertz CT molecular complexity index is 689. The summed E-state index contributed by atoms with van der Waals surface area (Å²) in [6.45, 7) is 0. The summed E-state index contributed by atoms with van der Waals surface area (Å²) in [6.07, 6.45) is 0. The first kappa shape index (κ1) is 17.9. The van der Waals surface area contributed by atoms with Crippen molar-refractivity contribution in [3.63, 3.8) is 0 Å². The van der Waals surface area contributed by atoms with Crippen molar-refractivity contribution in [2.75, 3.05) is 0 Å². The van der Waals surface area contributed by atoms with E-state index in [-0.39, 0.29) is 43.0 Å². The van der Waals surface area contributed by atoms with Crippen molar-refractivity contribution in [1.29, 1.82) is 0 Å². The average molecular weight is 473 g/mol. The average Bonchev–Trinajstić information content (AvgIpc) is 2.48. The third-order valence-corrected chi connectivity index (χ3v) is 4.96. The molecule has 0 amide bonds. The molecule has 2 aromatic carbocycles. The van der Waals surface area contributed by atoms with Crippen LogP contribution in [0.25, 0.3) is 0 Å². The molecule has 0 bridgehead atoms. The second-order valence-corrected chi connectivity index (χ2v) is 6.31. The maximum Gasteiger partial charge on any atom is 0.198 e. The van der Waals surface area contributed by atoms with Gasteiger partial charge in [-0.05, 0) is 24.3 Å². The second kappa shape index (κ2) is 7.39. The van der Waals surface area contributed by atoms with Gasteiger partial charge in [-0.1, -0.05) is 55.1 Å². The Morgan fingerprint density at radius 2 is 1.23 bits per heavy atom. The highest BCUT2D eigenvalue weighted by Crippen LogP contribution is 2.29. The van der Waals surface area contributed by atoms with Gasteiger partial charge in [-0.25, -0.2) is 8.78 Å². The lowest BCUT2D eigenvalue weighted by molar-refractivity contribution is 0.103. The van der Waals surface area contributed by atoms with Gasteiger partial charge in [0.1, 0.15) is 11.6 Å². The lowest BCUT2D eigenvalue weighted by atomic mass is 9.99. The Morgan fingerprint density at radius 1 is 0.864 bits per heavy atom. The minimum atomic E-state index is -0.760. The number of rotatable bonds is 4. The Morgan fingerprint density at radius 3 is 1.55 bits per heavy atom. The van der Waals surface area contributed by atoms with Crippen molar-refractivity contribution in [3.8, 4) is 0 Å². The van der Waals surface area contributed by atoms with Crippen molar-refractivity contribution < 1.29 is 13.6 Å². The molecule has 0 radical (unpaired) electrons. The van der Waals surface area contributed by atoms with Crippen LogP contribution in [0.2, 0.25) is 10.0 Å². The summed E-state index contributed by atoms with van der Waals surface area (Å²) in [5.41, 5.74) is -0.161. The molecule has 0 N–H and O–H groups in total. The zero-order chi connectivity index (χ0) is 16.4. The molecular weight excluding hydrogens is 465 g/mol. The van der Waals surface area contributed by atoms with Crippen molar-refractivity contribution in [1.82, 2.24) is 0 Å². The van der Waals surface area contributed by atoms with E-state index in [1.54, 1.807) is 0 Å². The van der Waals surface area contributed by atoms with E-state index < -0.39 is 17.4 Å². The van der Waals surface area contributed by atoms with Crippen LogP contribution in [-0.4, -0.2) is 5.78 Å². The van der Waals surface area contributed by atoms with Crippen LogP contribution in [0, 0.1) is 11.6 Å². The predicted molar refractivity (Wildman–Crippen MR) is 91.5 cm³/mol. The summed E-state index contributed by atoms with van der Waals surface area (Å²) in [5, 5.41) is 0.690. The Balaban J connectivity index is 2.59. The molecule has 0 aliphatic rings. The SMILES string of the molecule is O=C(c1ccc(Cl)c(CBr)c1F)c1ccc(Cl)c(CBr)c1F. The van der Waals surface area contributed by atoms with Gasteiger partial charge in [0, 0.05) is 31.8 Å². The number of ketones is 1. The molecule has 1 nitrogen and oxygen atoms in total. The number of hydrogen-bond acceptors (Lipinski definition) is 1. The van der Waals surface area contributed by atoms with E-state index in [9.17, 15) is 13.6 Å². The van der Waals surface area contributed by atoms with E-state index in [1.807, 2.05) is 0 Å². The van der Waals surface area contributed by atoms with E-state index >= 15 is 0 Å². The van der Waals surface area contributed by atoms with Gasteiger partial charge >= 0.3 is 0 Å². The molecule has 2 aromatic rings. The molecule has 0 saturated heterocycles. The molecule has 7 heteroatoms. The fraction of sp³-hybridized carbons (Fsp3) is 0.133. The van der Waals surface area contributed by atoms with Gasteiger partial charge in [0.05, 0.1) is 11.1 Å². The molecule has 0 aliphatic heterocycles. The van der Waals surface area contributed by atoms with Gasteiger partial charge in [0.25, 0.3) is 0 Å². The third kappa shape index (κ3) is 3.23. The lowest BCUT2D eigenvalue weighted by Crippen LogP contribution is -2.10. The van der Waals surface area contributed by atoms with Crippen LogP contribution in [0.1, 0.15) is 27.0 Å². The molecule has 0 atom stereocenters. The second-order valence-electron chi connectivity index (χ2n) is 4.37. The smallest absolute Gasteiger partial charge is 0.198 e. The maximum absolute atomic E-state index is 14.4. The van der Waals surface area contributed by atoms with Crippen molar-refractivity contribution >= 4 is 60.8 Å². The van der Waals surface area contributed by atoms with Crippen molar-refractivity contribution in [3.05, 3.63) is 68.2 Å². The Labute approximate surface area is 152 Å². The third-order valence-electron chi connectivity index (χ3n) is 3.13. The predicted octanol–water partition coefficient (Wildman–Crippen LogP) is 6.29. The quantitative estimate of drug-likeness (QED) is 0.377.